The van der Waals surface area contributed by atoms with Crippen LogP contribution in [0.5, 0.6) is 0 Å². The van der Waals surface area contributed by atoms with Gasteiger partial charge in [0.1, 0.15) is 43.2 Å². The highest BCUT2D eigenvalue weighted by Crippen LogP contribution is 2.47. The maximum Gasteiger partial charge on any atom is 0.472 e. The number of phosphoric ester groups is 1. The van der Waals surface area contributed by atoms with Crippen LogP contribution in [0, 0.1) is 0 Å². The summed E-state index contributed by atoms with van der Waals surface area (Å²) in [4.78, 5) is 35.7. The lowest BCUT2D eigenvalue weighted by Crippen LogP contribution is -2.64. The molecule has 0 radical (unpaired) electrons. The van der Waals surface area contributed by atoms with Crippen molar-refractivity contribution >= 4 is 19.8 Å². The Morgan fingerprint density at radius 1 is 0.508 bits per heavy atom. The minimum Gasteiger partial charge on any atom is -0.462 e. The number of ether oxygens (including phenoxy) is 2. The number of carbonyl (C=O) groups excluding carboxylic acids is 2. The topological polar surface area (TPSA) is 210 Å². The van der Waals surface area contributed by atoms with Gasteiger partial charge in [-0.15, -0.1) is 0 Å². The quantitative estimate of drug-likeness (QED) is 0.0149. The molecule has 13 nitrogen and oxygen atoms in total. The first kappa shape index (κ1) is 55.3. The summed E-state index contributed by atoms with van der Waals surface area (Å²) >= 11 is 0. The van der Waals surface area contributed by atoms with Gasteiger partial charge in [-0.3, -0.25) is 18.6 Å². The fraction of sp³-hybridized carbons (Fsp3) is 0.867. The van der Waals surface area contributed by atoms with Crippen molar-refractivity contribution in [1.29, 1.82) is 0 Å². The SMILES string of the molecule is CCCCCCCC/C=C\CCCCCCCC(=O)OC[C@H](COP(=O)(O)OC1C(O)C(O)C(O)C(O)C1O)OC(=O)CCCCCCC/C=C\CCCCCCCC. The Kier molecular flexibility index (Phi) is 33.7. The second-order valence-electron chi connectivity index (χ2n) is 16.3. The monoisotopic (exact) mass is 863 g/mol. The molecule has 0 amide bonds. The molecule has 0 saturated heterocycles. The second kappa shape index (κ2) is 35.9. The molecule has 1 rings (SSSR count). The van der Waals surface area contributed by atoms with E-state index in [2.05, 4.69) is 38.2 Å². The van der Waals surface area contributed by atoms with E-state index in [0.717, 1.165) is 77.0 Å². The molecule has 0 heterocycles. The number of aliphatic hydroxyl groups excluding tert-OH is 5. The van der Waals surface area contributed by atoms with Crippen molar-refractivity contribution < 1.29 is 63.1 Å². The van der Waals surface area contributed by atoms with Gasteiger partial charge in [-0.05, 0) is 64.2 Å². The third kappa shape index (κ3) is 28.5. The largest absolute Gasteiger partial charge is 0.472 e. The van der Waals surface area contributed by atoms with E-state index in [1.54, 1.807) is 0 Å². The number of phosphoric acid groups is 1. The van der Waals surface area contributed by atoms with E-state index in [4.69, 9.17) is 18.5 Å². The molecule has 1 aliphatic rings. The fourth-order valence-corrected chi connectivity index (χ4v) is 7.95. The summed E-state index contributed by atoms with van der Waals surface area (Å²) in [7, 11) is -5.12. The van der Waals surface area contributed by atoms with Crippen LogP contribution in [0.4, 0.5) is 0 Å². The predicted octanol–water partition coefficient (Wildman–Crippen LogP) is 8.84. The van der Waals surface area contributed by atoms with E-state index in [-0.39, 0.29) is 12.8 Å². The Morgan fingerprint density at radius 2 is 0.864 bits per heavy atom. The van der Waals surface area contributed by atoms with Crippen molar-refractivity contribution in [1.82, 2.24) is 0 Å². The number of rotatable bonds is 38. The lowest BCUT2D eigenvalue weighted by atomic mass is 9.85. The Labute approximate surface area is 356 Å². The summed E-state index contributed by atoms with van der Waals surface area (Å²) in [6.45, 7) is 3.28. The Morgan fingerprint density at radius 3 is 1.29 bits per heavy atom. The van der Waals surface area contributed by atoms with Gasteiger partial charge in [0.2, 0.25) is 0 Å². The van der Waals surface area contributed by atoms with Crippen LogP contribution in [-0.4, -0.2) is 98.3 Å². The van der Waals surface area contributed by atoms with Crippen molar-refractivity contribution in [2.75, 3.05) is 13.2 Å². The van der Waals surface area contributed by atoms with Crippen LogP contribution in [-0.2, 0) is 32.7 Å². The van der Waals surface area contributed by atoms with Crippen LogP contribution in [0.25, 0.3) is 0 Å². The van der Waals surface area contributed by atoms with E-state index in [1.807, 2.05) is 0 Å². The first-order valence-electron chi connectivity index (χ1n) is 23.1. The second-order valence-corrected chi connectivity index (χ2v) is 17.7. The van der Waals surface area contributed by atoms with E-state index in [0.29, 0.717) is 12.8 Å². The van der Waals surface area contributed by atoms with Crippen LogP contribution in [0.1, 0.15) is 194 Å². The van der Waals surface area contributed by atoms with Crippen LogP contribution in [0.3, 0.4) is 0 Å². The van der Waals surface area contributed by atoms with Gasteiger partial charge in [0, 0.05) is 12.8 Å². The third-order valence-electron chi connectivity index (χ3n) is 10.8. The Bertz CT molecular complexity index is 1130. The van der Waals surface area contributed by atoms with E-state index < -0.39 is 75.7 Å². The molecule has 1 fully saturated rings. The molecule has 1 aliphatic carbocycles. The molecule has 0 bridgehead atoms. The molecule has 346 valence electrons. The molecule has 0 spiro atoms. The summed E-state index contributed by atoms with van der Waals surface area (Å²) in [6, 6.07) is 0. The van der Waals surface area contributed by atoms with Crippen molar-refractivity contribution in [2.45, 2.75) is 236 Å². The fourth-order valence-electron chi connectivity index (χ4n) is 6.98. The zero-order valence-electron chi connectivity index (χ0n) is 36.6. The van der Waals surface area contributed by atoms with Gasteiger partial charge in [0.25, 0.3) is 0 Å². The van der Waals surface area contributed by atoms with Gasteiger partial charge in [0.05, 0.1) is 6.61 Å². The summed E-state index contributed by atoms with van der Waals surface area (Å²) < 4.78 is 33.5. The first-order valence-corrected chi connectivity index (χ1v) is 24.6. The van der Waals surface area contributed by atoms with E-state index in [1.165, 1.54) is 77.0 Å². The van der Waals surface area contributed by atoms with Crippen LogP contribution in [0.15, 0.2) is 24.3 Å². The highest BCUT2D eigenvalue weighted by atomic mass is 31.2. The predicted molar refractivity (Wildman–Crippen MR) is 230 cm³/mol. The summed E-state index contributed by atoms with van der Waals surface area (Å²) in [5, 5.41) is 50.1. The van der Waals surface area contributed by atoms with Gasteiger partial charge < -0.3 is 39.9 Å². The summed E-state index contributed by atoms with van der Waals surface area (Å²) in [6.07, 6.45) is 25.2. The summed E-state index contributed by atoms with van der Waals surface area (Å²) in [5.74, 6) is -1.11. The standard InChI is InChI=1S/C45H83O13P/c1-3-5-7-9-11-13-15-17-19-21-23-25-27-29-31-33-38(46)55-35-37(36-56-59(53,54)58-45-43(51)41(49)40(48)42(50)44(45)52)57-39(47)34-32-30-28-26-24-22-20-18-16-14-12-10-8-6-4-2/h17-20,37,40-45,48-52H,3-16,21-36H2,1-2H3,(H,53,54)/b19-17-,20-18-/t37-,40?,41?,42?,43?,44?,45?/m1/s1. The highest BCUT2D eigenvalue weighted by molar-refractivity contribution is 7.47. The molecular formula is C45H83O13P. The molecule has 0 aromatic carbocycles. The van der Waals surface area contributed by atoms with Crippen molar-refractivity contribution in [3.8, 4) is 0 Å². The van der Waals surface area contributed by atoms with E-state index >= 15 is 0 Å². The van der Waals surface area contributed by atoms with Gasteiger partial charge in [-0.25, -0.2) is 4.57 Å². The number of aliphatic hydroxyl groups is 5. The third-order valence-corrected chi connectivity index (χ3v) is 11.8. The number of hydrogen-bond acceptors (Lipinski definition) is 12. The van der Waals surface area contributed by atoms with Crippen molar-refractivity contribution in [2.24, 2.45) is 0 Å². The molecule has 0 aliphatic heterocycles. The van der Waals surface area contributed by atoms with E-state index in [9.17, 15) is 44.6 Å². The molecule has 6 atom stereocenters. The Balaban J connectivity index is 2.47. The smallest absolute Gasteiger partial charge is 0.462 e. The maximum atomic E-state index is 12.8. The molecular weight excluding hydrogens is 779 g/mol. The van der Waals surface area contributed by atoms with Gasteiger partial charge in [0.15, 0.2) is 6.10 Å². The maximum absolute atomic E-state index is 12.8. The molecule has 0 aromatic rings. The highest BCUT2D eigenvalue weighted by Gasteiger charge is 2.51. The lowest BCUT2D eigenvalue weighted by Gasteiger charge is -2.41. The van der Waals surface area contributed by atoms with Crippen molar-refractivity contribution in [3.05, 3.63) is 24.3 Å². The average molecular weight is 863 g/mol. The number of allylic oxidation sites excluding steroid dienone is 4. The Hall–Kier alpha value is -1.67. The first-order chi connectivity index (χ1) is 28.4. The number of unbranched alkanes of at least 4 members (excludes halogenated alkanes) is 22. The molecule has 5 unspecified atom stereocenters. The molecule has 0 aromatic heterocycles. The minimum absolute atomic E-state index is 0.0867. The normalized spacial score (nSPS) is 22.5. The molecule has 1 saturated carbocycles. The average Bonchev–Trinajstić information content (AvgIpc) is 3.21. The number of esters is 2. The number of carbonyl (C=O) groups is 2. The lowest BCUT2D eigenvalue weighted by molar-refractivity contribution is -0.220. The molecule has 59 heavy (non-hydrogen) atoms. The summed E-state index contributed by atoms with van der Waals surface area (Å²) in [5.41, 5.74) is 0. The number of hydrogen-bond donors (Lipinski definition) is 6. The van der Waals surface area contributed by atoms with Gasteiger partial charge in [-0.1, -0.05) is 141 Å². The van der Waals surface area contributed by atoms with Crippen molar-refractivity contribution in [3.63, 3.8) is 0 Å². The van der Waals surface area contributed by atoms with Crippen LogP contribution in [0.2, 0.25) is 0 Å². The minimum atomic E-state index is -5.12. The van der Waals surface area contributed by atoms with Gasteiger partial charge in [-0.2, -0.15) is 0 Å². The zero-order valence-corrected chi connectivity index (χ0v) is 37.4. The molecule has 6 N–H and O–H groups in total. The molecule has 14 heteroatoms. The zero-order chi connectivity index (χ0) is 43.6. The van der Waals surface area contributed by atoms with Gasteiger partial charge >= 0.3 is 19.8 Å². The van der Waals surface area contributed by atoms with Crippen LogP contribution >= 0.6 is 7.82 Å². The van der Waals surface area contributed by atoms with Crippen LogP contribution < -0.4 is 0 Å².